The molecule has 72 valence electrons. The van der Waals surface area contributed by atoms with Gasteiger partial charge in [-0.2, -0.15) is 0 Å². The van der Waals surface area contributed by atoms with Gasteiger partial charge in [0.2, 0.25) is 0 Å². The van der Waals surface area contributed by atoms with Crippen molar-refractivity contribution < 1.29 is 9.84 Å². The van der Waals surface area contributed by atoms with Crippen molar-refractivity contribution in [3.63, 3.8) is 0 Å². The molecule has 1 fully saturated rings. The van der Waals surface area contributed by atoms with Gasteiger partial charge < -0.3 is 9.84 Å². The maximum Gasteiger partial charge on any atom is 0.0993 e. The Morgan fingerprint density at radius 2 is 2.00 bits per heavy atom. The number of ether oxygens (including phenoxy) is 1. The zero-order valence-electron chi connectivity index (χ0n) is 7.99. The highest BCUT2D eigenvalue weighted by atomic mass is 16.5. The van der Waals surface area contributed by atoms with E-state index in [0.717, 1.165) is 25.9 Å². The molecule has 1 N–H and O–H groups in total. The Morgan fingerprint density at radius 3 is 2.50 bits per heavy atom. The molecule has 0 aromatic heterocycles. The van der Waals surface area contributed by atoms with Gasteiger partial charge in [-0.05, 0) is 26.7 Å². The molecule has 1 aliphatic rings. The topological polar surface area (TPSA) is 32.7 Å². The Bertz CT molecular complexity index is 120. The van der Waals surface area contributed by atoms with Crippen LogP contribution in [0.1, 0.15) is 26.7 Å². The highest BCUT2D eigenvalue weighted by molar-refractivity contribution is 4.68. The molecule has 0 unspecified atom stereocenters. The summed E-state index contributed by atoms with van der Waals surface area (Å²) in [5.74, 6) is 0. The molecule has 1 aliphatic heterocycles. The molecule has 0 spiro atoms. The van der Waals surface area contributed by atoms with Gasteiger partial charge in [-0.25, -0.2) is 0 Å². The summed E-state index contributed by atoms with van der Waals surface area (Å²) in [6, 6.07) is 0. The lowest BCUT2D eigenvalue weighted by Gasteiger charge is -2.29. The van der Waals surface area contributed by atoms with Gasteiger partial charge in [0.15, 0.2) is 0 Å². The molecule has 0 aromatic carbocycles. The molecule has 3 nitrogen and oxygen atoms in total. The van der Waals surface area contributed by atoms with Crippen molar-refractivity contribution in [1.82, 2.24) is 4.90 Å². The Labute approximate surface area is 74.3 Å². The first kappa shape index (κ1) is 9.96. The number of aliphatic hydroxyl groups excluding tert-OH is 1. The van der Waals surface area contributed by atoms with Crippen LogP contribution in [0.15, 0.2) is 0 Å². The minimum absolute atomic E-state index is 0.0831. The van der Waals surface area contributed by atoms with E-state index in [2.05, 4.69) is 4.90 Å². The third-order valence-corrected chi connectivity index (χ3v) is 2.15. The van der Waals surface area contributed by atoms with Crippen LogP contribution in [0.5, 0.6) is 0 Å². The summed E-state index contributed by atoms with van der Waals surface area (Å²) in [4.78, 5) is 2.24. The summed E-state index contributed by atoms with van der Waals surface area (Å²) in [6.07, 6.45) is 2.00. The SMILES string of the molecule is CC(C)OCN1CCC(O)CC1. The lowest BCUT2D eigenvalue weighted by atomic mass is 10.1. The standard InChI is InChI=1S/C9H19NO2/c1-8(2)12-7-10-5-3-9(11)4-6-10/h8-9,11H,3-7H2,1-2H3. The third-order valence-electron chi connectivity index (χ3n) is 2.15. The Balaban J connectivity index is 2.09. The van der Waals surface area contributed by atoms with Crippen LogP contribution in [0.25, 0.3) is 0 Å². The normalized spacial score (nSPS) is 22.0. The van der Waals surface area contributed by atoms with Crippen molar-refractivity contribution in [2.75, 3.05) is 19.8 Å². The summed E-state index contributed by atoms with van der Waals surface area (Å²) in [7, 11) is 0. The van der Waals surface area contributed by atoms with Crippen molar-refractivity contribution in [3.8, 4) is 0 Å². The minimum atomic E-state index is -0.0831. The van der Waals surface area contributed by atoms with Crippen molar-refractivity contribution >= 4 is 0 Å². The number of aliphatic hydroxyl groups is 1. The fourth-order valence-corrected chi connectivity index (χ4v) is 1.30. The van der Waals surface area contributed by atoms with Crippen LogP contribution in [0.2, 0.25) is 0 Å². The van der Waals surface area contributed by atoms with Gasteiger partial charge in [-0.3, -0.25) is 4.90 Å². The van der Waals surface area contributed by atoms with E-state index in [-0.39, 0.29) is 6.10 Å². The highest BCUT2D eigenvalue weighted by Crippen LogP contribution is 2.09. The molecule has 0 radical (unpaired) electrons. The van der Waals surface area contributed by atoms with Crippen LogP contribution in [0.3, 0.4) is 0 Å². The van der Waals surface area contributed by atoms with E-state index >= 15 is 0 Å². The number of hydrogen-bond donors (Lipinski definition) is 1. The van der Waals surface area contributed by atoms with Gasteiger partial charge in [0.25, 0.3) is 0 Å². The molecule has 3 heteroatoms. The number of hydrogen-bond acceptors (Lipinski definition) is 3. The van der Waals surface area contributed by atoms with Gasteiger partial charge in [0, 0.05) is 13.1 Å². The lowest BCUT2D eigenvalue weighted by molar-refractivity contribution is -0.0306. The van der Waals surface area contributed by atoms with Gasteiger partial charge in [0.05, 0.1) is 18.9 Å². The molecular weight excluding hydrogens is 154 g/mol. The molecule has 12 heavy (non-hydrogen) atoms. The Hall–Kier alpha value is -0.120. The minimum Gasteiger partial charge on any atom is -0.393 e. The van der Waals surface area contributed by atoms with E-state index in [9.17, 15) is 5.11 Å². The molecule has 0 amide bonds. The zero-order chi connectivity index (χ0) is 8.97. The second-order valence-corrected chi connectivity index (χ2v) is 3.69. The van der Waals surface area contributed by atoms with Crippen molar-refractivity contribution in [2.24, 2.45) is 0 Å². The molecule has 1 saturated heterocycles. The van der Waals surface area contributed by atoms with Gasteiger partial charge >= 0.3 is 0 Å². The van der Waals surface area contributed by atoms with Gasteiger partial charge in [-0.1, -0.05) is 0 Å². The van der Waals surface area contributed by atoms with E-state index < -0.39 is 0 Å². The second-order valence-electron chi connectivity index (χ2n) is 3.69. The summed E-state index contributed by atoms with van der Waals surface area (Å²) in [6.45, 7) is 6.73. The largest absolute Gasteiger partial charge is 0.393 e. The maximum atomic E-state index is 9.24. The number of piperidine rings is 1. The van der Waals surface area contributed by atoms with Gasteiger partial charge in [-0.15, -0.1) is 0 Å². The average molecular weight is 173 g/mol. The number of likely N-dealkylation sites (tertiary alicyclic amines) is 1. The first-order valence-electron chi connectivity index (χ1n) is 4.70. The van der Waals surface area contributed by atoms with E-state index in [1.54, 1.807) is 0 Å². The van der Waals surface area contributed by atoms with Crippen LogP contribution >= 0.6 is 0 Å². The molecule has 0 aliphatic carbocycles. The quantitative estimate of drug-likeness (QED) is 0.686. The molecule has 0 saturated carbocycles. The third kappa shape index (κ3) is 3.52. The van der Waals surface area contributed by atoms with E-state index in [4.69, 9.17) is 4.74 Å². The molecule has 0 bridgehead atoms. The van der Waals surface area contributed by atoms with Crippen LogP contribution in [-0.4, -0.2) is 42.0 Å². The first-order chi connectivity index (χ1) is 5.68. The van der Waals surface area contributed by atoms with E-state index in [0.29, 0.717) is 12.8 Å². The van der Waals surface area contributed by atoms with E-state index in [1.807, 2.05) is 13.8 Å². The fraction of sp³-hybridized carbons (Fsp3) is 1.00. The van der Waals surface area contributed by atoms with E-state index in [1.165, 1.54) is 0 Å². The van der Waals surface area contributed by atoms with Gasteiger partial charge in [0.1, 0.15) is 0 Å². The number of rotatable bonds is 3. The Morgan fingerprint density at radius 1 is 1.42 bits per heavy atom. The first-order valence-corrected chi connectivity index (χ1v) is 4.70. The summed E-state index contributed by atoms with van der Waals surface area (Å²) in [5, 5.41) is 9.24. The summed E-state index contributed by atoms with van der Waals surface area (Å²) >= 11 is 0. The molecule has 1 rings (SSSR count). The molecule has 0 atom stereocenters. The maximum absolute atomic E-state index is 9.24. The van der Waals surface area contributed by atoms with Crippen LogP contribution in [-0.2, 0) is 4.74 Å². The zero-order valence-corrected chi connectivity index (χ0v) is 7.99. The monoisotopic (exact) mass is 173 g/mol. The molecular formula is C9H19NO2. The highest BCUT2D eigenvalue weighted by Gasteiger charge is 2.16. The second kappa shape index (κ2) is 4.80. The van der Waals surface area contributed by atoms with Crippen molar-refractivity contribution in [1.29, 1.82) is 0 Å². The van der Waals surface area contributed by atoms with Crippen LogP contribution < -0.4 is 0 Å². The number of nitrogens with zero attached hydrogens (tertiary/aromatic N) is 1. The summed E-state index contributed by atoms with van der Waals surface area (Å²) < 4.78 is 5.46. The predicted octanol–water partition coefficient (Wildman–Crippen LogP) is 0.826. The lowest BCUT2D eigenvalue weighted by Crippen LogP contribution is -2.37. The summed E-state index contributed by atoms with van der Waals surface area (Å²) in [5.41, 5.74) is 0. The Kier molecular flexibility index (Phi) is 3.98. The molecule has 1 heterocycles. The van der Waals surface area contributed by atoms with Crippen LogP contribution in [0, 0.1) is 0 Å². The van der Waals surface area contributed by atoms with Crippen molar-refractivity contribution in [2.45, 2.75) is 38.9 Å². The smallest absolute Gasteiger partial charge is 0.0993 e. The predicted molar refractivity (Wildman–Crippen MR) is 47.9 cm³/mol. The average Bonchev–Trinajstić information content (AvgIpc) is 2.03. The van der Waals surface area contributed by atoms with Crippen molar-refractivity contribution in [3.05, 3.63) is 0 Å². The molecule has 0 aromatic rings. The van der Waals surface area contributed by atoms with Crippen LogP contribution in [0.4, 0.5) is 0 Å². The fourth-order valence-electron chi connectivity index (χ4n) is 1.30.